The third-order valence-electron chi connectivity index (χ3n) is 9.03. The number of para-hydroxylation sites is 2. The van der Waals surface area contributed by atoms with Crippen LogP contribution >= 0.6 is 23.2 Å². The van der Waals surface area contributed by atoms with Crippen molar-refractivity contribution >= 4 is 35.1 Å². The van der Waals surface area contributed by atoms with E-state index in [0.29, 0.717) is 66.7 Å². The van der Waals surface area contributed by atoms with Gasteiger partial charge in [0.05, 0.1) is 16.5 Å². The maximum absolute atomic E-state index is 12.7. The van der Waals surface area contributed by atoms with Crippen molar-refractivity contribution in [2.24, 2.45) is 5.73 Å². The Labute approximate surface area is 358 Å². The average Bonchev–Trinajstić information content (AvgIpc) is 3.98. The van der Waals surface area contributed by atoms with E-state index >= 15 is 0 Å². The molecule has 0 amide bonds. The maximum atomic E-state index is 12.7. The van der Waals surface area contributed by atoms with Crippen LogP contribution < -0.4 is 15.2 Å². The topological polar surface area (TPSA) is 175 Å². The lowest BCUT2D eigenvalue weighted by atomic mass is 10.1. The average molecular weight is 855 g/mol. The van der Waals surface area contributed by atoms with Gasteiger partial charge in [0.25, 0.3) is 11.8 Å². The van der Waals surface area contributed by atoms with Gasteiger partial charge >= 0.3 is 11.9 Å². The van der Waals surface area contributed by atoms with Crippen LogP contribution in [0.2, 0.25) is 10.0 Å². The summed E-state index contributed by atoms with van der Waals surface area (Å²) in [6.45, 7) is -0.253. The van der Waals surface area contributed by atoms with Crippen molar-refractivity contribution in [2.75, 3.05) is 0 Å². The highest BCUT2D eigenvalue weighted by Gasteiger charge is 2.22. The zero-order chi connectivity index (χ0) is 42.1. The molecule has 304 valence electrons. The Morgan fingerprint density at radius 2 is 0.984 bits per heavy atom. The summed E-state index contributed by atoms with van der Waals surface area (Å²) < 4.78 is 33.4. The van der Waals surface area contributed by atoms with Crippen molar-refractivity contribution in [3.63, 3.8) is 0 Å². The summed E-state index contributed by atoms with van der Waals surface area (Å²) in [6.07, 6.45) is -0.404. The lowest BCUT2D eigenvalue weighted by molar-refractivity contribution is -0.153. The largest absolute Gasteiger partial charge is 0.461 e. The van der Waals surface area contributed by atoms with Crippen LogP contribution in [0.25, 0.3) is 45.7 Å². The van der Waals surface area contributed by atoms with Gasteiger partial charge in [-0.25, -0.2) is 0 Å². The Hall–Kier alpha value is -7.32. The van der Waals surface area contributed by atoms with Crippen LogP contribution in [0, 0.1) is 0 Å². The third-order valence-corrected chi connectivity index (χ3v) is 9.66. The number of halogens is 2. The molecule has 0 aliphatic carbocycles. The Kier molecular flexibility index (Phi) is 12.4. The van der Waals surface area contributed by atoms with Crippen LogP contribution in [-0.2, 0) is 32.3 Å². The molecule has 0 aliphatic rings. The number of hydrogen-bond donors (Lipinski definition) is 1. The van der Waals surface area contributed by atoms with Gasteiger partial charge in [-0.05, 0) is 108 Å². The van der Waals surface area contributed by atoms with Gasteiger partial charge in [-0.1, -0.05) is 82.0 Å². The lowest BCUT2D eigenvalue weighted by Gasteiger charge is -2.12. The normalized spacial score (nSPS) is 11.5. The summed E-state index contributed by atoms with van der Waals surface area (Å²) in [6, 6.07) is 42.2. The van der Waals surface area contributed by atoms with Gasteiger partial charge in [0, 0.05) is 22.3 Å². The quantitative estimate of drug-likeness (QED) is 0.0965. The number of aromatic nitrogens is 4. The molecule has 15 heteroatoms. The second-order valence-electron chi connectivity index (χ2n) is 13.4. The number of hydrogen-bond acceptors (Lipinski definition) is 13. The molecule has 0 spiro atoms. The number of ether oxygens (including phenoxy) is 4. The highest BCUT2D eigenvalue weighted by atomic mass is 35.5. The summed E-state index contributed by atoms with van der Waals surface area (Å²) in [7, 11) is 0. The van der Waals surface area contributed by atoms with Crippen molar-refractivity contribution < 1.29 is 37.6 Å². The number of benzene rings is 6. The van der Waals surface area contributed by atoms with Gasteiger partial charge in [-0.15, -0.1) is 0 Å². The molecule has 0 aliphatic heterocycles. The van der Waals surface area contributed by atoms with E-state index in [2.05, 4.69) is 20.3 Å². The fourth-order valence-electron chi connectivity index (χ4n) is 5.89. The van der Waals surface area contributed by atoms with Crippen LogP contribution in [0.4, 0.5) is 0 Å². The first-order valence-corrected chi connectivity index (χ1v) is 19.5. The van der Waals surface area contributed by atoms with Gasteiger partial charge in [-0.3, -0.25) is 9.59 Å². The zero-order valence-electron chi connectivity index (χ0n) is 31.9. The second kappa shape index (κ2) is 18.7. The molecule has 61 heavy (non-hydrogen) atoms. The fourth-order valence-corrected chi connectivity index (χ4v) is 6.46. The van der Waals surface area contributed by atoms with E-state index in [1.807, 2.05) is 97.1 Å². The van der Waals surface area contributed by atoms with Gasteiger partial charge < -0.3 is 33.7 Å². The number of rotatable bonds is 15. The standard InChI is InChI=1S/C46H33Cl2N5O8/c47-38-23-28(11-21-36(38)42-50-44(60-52-42)30-13-17-34(18-14-30)58-32-7-3-1-4-8-32)26-56-41(54)25-40(49)46(55)57-27-29-12-22-37(39(48)24-29)43-51-45(61-53-43)31-15-19-35(20-16-31)59-33-9-5-2-6-10-33/h1-24,40H,25-27,49H2/t40-/m0/s1. The Bertz CT molecular complexity index is 2760. The highest BCUT2D eigenvalue weighted by Crippen LogP contribution is 2.32. The van der Waals surface area contributed by atoms with Crippen LogP contribution in [0.15, 0.2) is 155 Å². The van der Waals surface area contributed by atoms with E-state index in [9.17, 15) is 9.59 Å². The molecule has 6 aromatic carbocycles. The number of nitrogens with two attached hydrogens (primary N) is 1. The summed E-state index contributed by atoms with van der Waals surface area (Å²) in [5.41, 5.74) is 9.59. The molecule has 0 fully saturated rings. The number of carbonyl (C=O) groups excluding carboxylic acids is 2. The molecule has 0 saturated carbocycles. The first kappa shape index (κ1) is 40.5. The monoisotopic (exact) mass is 853 g/mol. The summed E-state index contributed by atoms with van der Waals surface area (Å²) in [5.74, 6) is 2.44. The minimum atomic E-state index is -1.26. The maximum Gasteiger partial charge on any atom is 0.323 e. The van der Waals surface area contributed by atoms with E-state index in [1.165, 1.54) is 0 Å². The van der Waals surface area contributed by atoms with Crippen molar-refractivity contribution in [2.45, 2.75) is 25.7 Å². The Morgan fingerprint density at radius 3 is 1.43 bits per heavy atom. The van der Waals surface area contributed by atoms with E-state index < -0.39 is 24.4 Å². The molecule has 8 rings (SSSR count). The molecular weight excluding hydrogens is 821 g/mol. The molecule has 2 heterocycles. The van der Waals surface area contributed by atoms with Crippen LogP contribution in [0.5, 0.6) is 23.0 Å². The summed E-state index contributed by atoms with van der Waals surface area (Å²) in [5, 5.41) is 8.79. The van der Waals surface area contributed by atoms with E-state index in [4.69, 9.17) is 56.9 Å². The predicted molar refractivity (Wildman–Crippen MR) is 226 cm³/mol. The second-order valence-corrected chi connectivity index (χ2v) is 14.2. The smallest absolute Gasteiger partial charge is 0.323 e. The van der Waals surface area contributed by atoms with Gasteiger partial charge in [-0.2, -0.15) is 9.97 Å². The lowest BCUT2D eigenvalue weighted by Crippen LogP contribution is -2.35. The molecule has 8 aromatic rings. The molecule has 0 saturated heterocycles. The predicted octanol–water partition coefficient (Wildman–Crippen LogP) is 10.5. The number of carbonyl (C=O) groups is 2. The minimum absolute atomic E-state index is 0.113. The fraction of sp³-hybridized carbons (Fsp3) is 0.0870. The van der Waals surface area contributed by atoms with E-state index in [1.54, 1.807) is 48.5 Å². The molecule has 0 unspecified atom stereocenters. The van der Waals surface area contributed by atoms with Crippen molar-refractivity contribution in [3.05, 3.63) is 167 Å². The molecule has 1 atom stereocenters. The van der Waals surface area contributed by atoms with Gasteiger partial charge in [0.1, 0.15) is 42.3 Å². The molecule has 0 bridgehead atoms. The van der Waals surface area contributed by atoms with E-state index in [0.717, 1.165) is 11.5 Å². The van der Waals surface area contributed by atoms with Crippen molar-refractivity contribution in [1.29, 1.82) is 0 Å². The van der Waals surface area contributed by atoms with Crippen LogP contribution in [-0.4, -0.2) is 38.3 Å². The third kappa shape index (κ3) is 10.3. The Morgan fingerprint density at radius 1 is 0.557 bits per heavy atom. The molecule has 13 nitrogen and oxygen atoms in total. The molecule has 2 N–H and O–H groups in total. The van der Waals surface area contributed by atoms with Gasteiger partial charge in [0.15, 0.2) is 0 Å². The summed E-state index contributed by atoms with van der Waals surface area (Å²) in [4.78, 5) is 34.2. The molecule has 0 radical (unpaired) electrons. The van der Waals surface area contributed by atoms with Gasteiger partial charge in [0.2, 0.25) is 11.6 Å². The van der Waals surface area contributed by atoms with Crippen LogP contribution in [0.3, 0.4) is 0 Å². The van der Waals surface area contributed by atoms with Crippen LogP contribution in [0.1, 0.15) is 17.5 Å². The zero-order valence-corrected chi connectivity index (χ0v) is 33.5. The first-order chi connectivity index (χ1) is 29.7. The Balaban J connectivity index is 0.785. The SMILES string of the molecule is N[C@@H](CC(=O)OCc1ccc(-c2noc(-c3ccc(Oc4ccccc4)cc3)n2)c(Cl)c1)C(=O)OCc1ccc(-c2noc(-c3ccc(Oc4ccccc4)cc3)n2)c(Cl)c1. The van der Waals surface area contributed by atoms with E-state index in [-0.39, 0.29) is 24.9 Å². The highest BCUT2D eigenvalue weighted by molar-refractivity contribution is 6.33. The van der Waals surface area contributed by atoms with Crippen molar-refractivity contribution in [3.8, 4) is 68.7 Å². The summed E-state index contributed by atoms with van der Waals surface area (Å²) >= 11 is 13.1. The number of nitrogens with zero attached hydrogens (tertiary/aromatic N) is 4. The molecule has 2 aromatic heterocycles. The first-order valence-electron chi connectivity index (χ1n) is 18.7. The number of esters is 2. The minimum Gasteiger partial charge on any atom is -0.461 e. The van der Waals surface area contributed by atoms with Crippen molar-refractivity contribution in [1.82, 2.24) is 20.3 Å². The molecular formula is C46H33Cl2N5O8.